The number of nitrogens with one attached hydrogen (secondary N) is 2. The number of carbonyl (C=O) groups excluding carboxylic acids is 2. The highest BCUT2D eigenvalue weighted by Gasteiger charge is 2.28. The minimum Gasteiger partial charge on any atom is -0.409 e. The van der Waals surface area contributed by atoms with E-state index in [-0.39, 0.29) is 10.8 Å². The van der Waals surface area contributed by atoms with Gasteiger partial charge in [-0.05, 0) is 48.9 Å². The van der Waals surface area contributed by atoms with E-state index in [4.69, 9.17) is 9.47 Å². The maximum absolute atomic E-state index is 13.2. The van der Waals surface area contributed by atoms with Gasteiger partial charge in [-0.25, -0.2) is 9.59 Å². The first kappa shape index (κ1) is 31.4. The highest BCUT2D eigenvalue weighted by atomic mass is 16.6. The Bertz CT molecular complexity index is 1480. The van der Waals surface area contributed by atoms with Crippen LogP contribution in [0.15, 0.2) is 84.9 Å². The molecule has 0 radical (unpaired) electrons. The lowest BCUT2D eigenvalue weighted by atomic mass is 9.81. The van der Waals surface area contributed by atoms with E-state index >= 15 is 0 Å². The minimum atomic E-state index is -0.569. The smallest absolute Gasteiger partial charge is 0.409 e. The number of ether oxygens (including phenoxy) is 2. The molecule has 0 aliphatic heterocycles. The van der Waals surface area contributed by atoms with Crippen molar-refractivity contribution in [3.8, 4) is 11.5 Å². The molecule has 0 aromatic heterocycles. The van der Waals surface area contributed by atoms with Gasteiger partial charge in [0.15, 0.2) is 0 Å². The molecule has 2 amide bonds. The van der Waals surface area contributed by atoms with Crippen molar-refractivity contribution in [3.05, 3.63) is 118 Å². The molecular weight excluding hydrogens is 536 g/mol. The van der Waals surface area contributed by atoms with Crippen LogP contribution in [0.4, 0.5) is 21.0 Å². The van der Waals surface area contributed by atoms with Gasteiger partial charge in [0.05, 0.1) is 0 Å². The number of carbonyl (C=O) groups is 2. The third kappa shape index (κ3) is 8.25. The highest BCUT2D eigenvalue weighted by Crippen LogP contribution is 2.41. The molecule has 224 valence electrons. The molecule has 4 aromatic rings. The standard InChI is InChI=1S/C37H42N2O4/c1-24-19-26(32(30(21-24)36(3,4)5)42-34(40)38-28-15-11-9-12-16-28)23-27-20-25(2)22-31(37(6,7)8)33(27)43-35(41)39-29-17-13-10-14-18-29/h9-22H,23H2,1-8H3,(H,38,40)(H,39,41). The first-order valence-corrected chi connectivity index (χ1v) is 14.6. The fourth-order valence-electron chi connectivity index (χ4n) is 5.03. The SMILES string of the molecule is Cc1cc(Cc2cc(C)cc(C(C)(C)C)c2OC(=O)Nc2ccccc2)c(OC(=O)Nc2ccccc2)c(C(C)(C)C)c1. The van der Waals surface area contributed by atoms with Crippen LogP contribution in [-0.4, -0.2) is 12.2 Å². The first-order valence-electron chi connectivity index (χ1n) is 14.6. The van der Waals surface area contributed by atoms with Crippen LogP contribution >= 0.6 is 0 Å². The number of aryl methyl sites for hydroxylation is 2. The number of hydrogen-bond donors (Lipinski definition) is 2. The molecule has 0 saturated heterocycles. The van der Waals surface area contributed by atoms with Crippen LogP contribution in [0, 0.1) is 13.8 Å². The number of hydrogen-bond acceptors (Lipinski definition) is 4. The summed E-state index contributed by atoms with van der Waals surface area (Å²) >= 11 is 0. The molecule has 0 aliphatic rings. The predicted molar refractivity (Wildman–Crippen MR) is 175 cm³/mol. The van der Waals surface area contributed by atoms with E-state index in [2.05, 4.69) is 64.3 Å². The number of anilines is 2. The van der Waals surface area contributed by atoms with Crippen molar-refractivity contribution in [2.45, 2.75) is 72.6 Å². The number of amides is 2. The fraction of sp³-hybridized carbons (Fsp3) is 0.297. The second-order valence-corrected chi connectivity index (χ2v) is 13.0. The Morgan fingerprint density at radius 2 is 0.930 bits per heavy atom. The molecule has 0 aliphatic carbocycles. The summed E-state index contributed by atoms with van der Waals surface area (Å²) in [6.07, 6.45) is -0.752. The van der Waals surface area contributed by atoms with Crippen molar-refractivity contribution in [2.75, 3.05) is 10.6 Å². The molecule has 4 aromatic carbocycles. The Balaban J connectivity index is 1.79. The summed E-state index contributed by atoms with van der Waals surface area (Å²) in [5.74, 6) is 1.01. The average molecular weight is 579 g/mol. The van der Waals surface area contributed by atoms with Crippen LogP contribution in [0.2, 0.25) is 0 Å². The van der Waals surface area contributed by atoms with Gasteiger partial charge in [0.25, 0.3) is 0 Å². The van der Waals surface area contributed by atoms with Crippen molar-refractivity contribution in [1.29, 1.82) is 0 Å². The van der Waals surface area contributed by atoms with E-state index < -0.39 is 12.2 Å². The van der Waals surface area contributed by atoms with Crippen LogP contribution in [0.3, 0.4) is 0 Å². The normalized spacial score (nSPS) is 11.5. The Morgan fingerprint density at radius 3 is 1.26 bits per heavy atom. The van der Waals surface area contributed by atoms with E-state index in [1.54, 1.807) is 0 Å². The largest absolute Gasteiger partial charge is 0.417 e. The van der Waals surface area contributed by atoms with Crippen LogP contribution in [0.5, 0.6) is 11.5 Å². The van der Waals surface area contributed by atoms with Gasteiger partial charge in [-0.15, -0.1) is 0 Å². The van der Waals surface area contributed by atoms with Crippen LogP contribution in [0.25, 0.3) is 0 Å². The van der Waals surface area contributed by atoms with Crippen LogP contribution in [-0.2, 0) is 17.3 Å². The highest BCUT2D eigenvalue weighted by molar-refractivity contribution is 5.87. The summed E-state index contributed by atoms with van der Waals surface area (Å²) in [4.78, 5) is 26.3. The second-order valence-electron chi connectivity index (χ2n) is 13.0. The number of rotatable bonds is 6. The van der Waals surface area contributed by atoms with Crippen molar-refractivity contribution >= 4 is 23.6 Å². The monoisotopic (exact) mass is 578 g/mol. The van der Waals surface area contributed by atoms with Gasteiger partial charge in [0.2, 0.25) is 0 Å². The van der Waals surface area contributed by atoms with E-state index in [0.29, 0.717) is 29.3 Å². The molecule has 0 saturated carbocycles. The van der Waals surface area contributed by atoms with Crippen LogP contribution in [0.1, 0.15) is 74.9 Å². The molecule has 0 heterocycles. The second kappa shape index (κ2) is 12.7. The average Bonchev–Trinajstić information content (AvgIpc) is 2.91. The molecule has 2 N–H and O–H groups in total. The van der Waals surface area contributed by atoms with Crippen LogP contribution < -0.4 is 20.1 Å². The summed E-state index contributed by atoms with van der Waals surface area (Å²) in [5.41, 5.74) is 6.26. The third-order valence-corrected chi connectivity index (χ3v) is 7.05. The summed E-state index contributed by atoms with van der Waals surface area (Å²) in [6, 6.07) is 26.6. The van der Waals surface area contributed by atoms with Crippen molar-refractivity contribution < 1.29 is 19.1 Å². The lowest BCUT2D eigenvalue weighted by Crippen LogP contribution is -2.23. The lowest BCUT2D eigenvalue weighted by Gasteiger charge is -2.27. The number of para-hydroxylation sites is 2. The zero-order chi connectivity index (χ0) is 31.4. The van der Waals surface area contributed by atoms with E-state index in [1.165, 1.54) is 0 Å². The molecule has 0 fully saturated rings. The van der Waals surface area contributed by atoms with Gasteiger partial charge in [-0.3, -0.25) is 10.6 Å². The quantitative estimate of drug-likeness (QED) is 0.239. The van der Waals surface area contributed by atoms with E-state index in [1.807, 2.05) is 86.6 Å². The Morgan fingerprint density at radius 1 is 0.581 bits per heavy atom. The summed E-state index contributed by atoms with van der Waals surface area (Å²) < 4.78 is 12.2. The zero-order valence-electron chi connectivity index (χ0n) is 26.4. The molecule has 0 bridgehead atoms. The van der Waals surface area contributed by atoms with Gasteiger partial charge in [-0.2, -0.15) is 0 Å². The Hall–Kier alpha value is -4.58. The van der Waals surface area contributed by atoms with E-state index in [0.717, 1.165) is 33.4 Å². The van der Waals surface area contributed by atoms with E-state index in [9.17, 15) is 9.59 Å². The maximum atomic E-state index is 13.2. The molecule has 0 atom stereocenters. The predicted octanol–water partition coefficient (Wildman–Crippen LogP) is 9.71. The molecule has 43 heavy (non-hydrogen) atoms. The van der Waals surface area contributed by atoms with Crippen molar-refractivity contribution in [1.82, 2.24) is 0 Å². The summed E-state index contributed by atoms with van der Waals surface area (Å²) in [5, 5.41) is 5.67. The number of benzene rings is 4. The van der Waals surface area contributed by atoms with Gasteiger partial charge in [0, 0.05) is 40.0 Å². The van der Waals surface area contributed by atoms with Crippen molar-refractivity contribution in [2.24, 2.45) is 0 Å². The third-order valence-electron chi connectivity index (χ3n) is 7.05. The van der Waals surface area contributed by atoms with Crippen molar-refractivity contribution in [3.63, 3.8) is 0 Å². The summed E-state index contributed by atoms with van der Waals surface area (Å²) in [7, 11) is 0. The molecular formula is C37H42N2O4. The fourth-order valence-corrected chi connectivity index (χ4v) is 5.03. The first-order chi connectivity index (χ1) is 20.2. The Labute approximate surface area is 255 Å². The van der Waals surface area contributed by atoms with Gasteiger partial charge >= 0.3 is 12.2 Å². The maximum Gasteiger partial charge on any atom is 0.417 e. The zero-order valence-corrected chi connectivity index (χ0v) is 26.4. The van der Waals surface area contributed by atoms with Gasteiger partial charge < -0.3 is 9.47 Å². The van der Waals surface area contributed by atoms with Gasteiger partial charge in [0.1, 0.15) is 11.5 Å². The molecule has 0 spiro atoms. The topological polar surface area (TPSA) is 76.7 Å². The Kier molecular flexibility index (Phi) is 9.29. The van der Waals surface area contributed by atoms with Gasteiger partial charge in [-0.1, -0.05) is 113 Å². The molecule has 0 unspecified atom stereocenters. The minimum absolute atomic E-state index is 0.304. The summed E-state index contributed by atoms with van der Waals surface area (Å²) in [6.45, 7) is 16.7. The lowest BCUT2D eigenvalue weighted by molar-refractivity contribution is 0.213. The molecule has 6 nitrogen and oxygen atoms in total. The molecule has 4 rings (SSSR count). The molecule has 6 heteroatoms.